The largest absolute Gasteiger partial charge is 0.493 e. The highest BCUT2D eigenvalue weighted by Crippen LogP contribution is 2.30. The van der Waals surface area contributed by atoms with Crippen LogP contribution in [-0.4, -0.2) is 41.7 Å². The van der Waals surface area contributed by atoms with Gasteiger partial charge in [-0.1, -0.05) is 0 Å². The second-order valence-corrected chi connectivity index (χ2v) is 6.69. The maximum Gasteiger partial charge on any atom is 0.253 e. The molecule has 0 aliphatic carbocycles. The fourth-order valence-electron chi connectivity index (χ4n) is 3.29. The van der Waals surface area contributed by atoms with Gasteiger partial charge in [0, 0.05) is 37.1 Å². The molecule has 1 aromatic heterocycles. The molecule has 2 aromatic rings. The summed E-state index contributed by atoms with van der Waals surface area (Å²) in [6.45, 7) is 5.48. The Morgan fingerprint density at radius 2 is 1.80 bits per heavy atom. The summed E-state index contributed by atoms with van der Waals surface area (Å²) in [5, 5.41) is 0. The van der Waals surface area contributed by atoms with Crippen LogP contribution in [0.5, 0.6) is 11.5 Å². The number of amides is 1. The Morgan fingerprint density at radius 3 is 2.40 bits per heavy atom. The Kier molecular flexibility index (Phi) is 5.31. The quantitative estimate of drug-likeness (QED) is 0.831. The van der Waals surface area contributed by atoms with Crippen molar-refractivity contribution in [1.29, 1.82) is 0 Å². The third kappa shape index (κ3) is 3.98. The summed E-state index contributed by atoms with van der Waals surface area (Å²) in [5.41, 5.74) is 0.646. The van der Waals surface area contributed by atoms with E-state index in [1.807, 2.05) is 43.0 Å². The van der Waals surface area contributed by atoms with Crippen LogP contribution in [0.3, 0.4) is 0 Å². The molecule has 1 aliphatic rings. The van der Waals surface area contributed by atoms with Crippen molar-refractivity contribution >= 4 is 5.91 Å². The lowest BCUT2D eigenvalue weighted by atomic mass is 10.0. The number of benzene rings is 1. The van der Waals surface area contributed by atoms with Gasteiger partial charge in [-0.05, 0) is 57.0 Å². The molecule has 1 amide bonds. The molecular formula is C20H26N2O3. The number of methoxy groups -OCH3 is 1. The smallest absolute Gasteiger partial charge is 0.253 e. The van der Waals surface area contributed by atoms with Gasteiger partial charge in [0.15, 0.2) is 11.5 Å². The molecule has 0 N–H and O–H groups in total. The summed E-state index contributed by atoms with van der Waals surface area (Å²) in [6, 6.07) is 9.99. The van der Waals surface area contributed by atoms with Crippen LogP contribution in [0.2, 0.25) is 0 Å². The number of aromatic nitrogens is 1. The van der Waals surface area contributed by atoms with Crippen molar-refractivity contribution in [3.8, 4) is 11.5 Å². The monoisotopic (exact) mass is 342 g/mol. The van der Waals surface area contributed by atoms with Gasteiger partial charge >= 0.3 is 0 Å². The average Bonchev–Trinajstić information content (AvgIpc) is 3.16. The van der Waals surface area contributed by atoms with Crippen LogP contribution in [0.15, 0.2) is 42.7 Å². The molecule has 2 heterocycles. The second-order valence-electron chi connectivity index (χ2n) is 6.69. The van der Waals surface area contributed by atoms with E-state index in [9.17, 15) is 4.79 Å². The fourth-order valence-corrected chi connectivity index (χ4v) is 3.29. The molecule has 134 valence electrons. The lowest BCUT2D eigenvalue weighted by Crippen LogP contribution is -2.38. The van der Waals surface area contributed by atoms with E-state index < -0.39 is 0 Å². The molecule has 1 aliphatic heterocycles. The number of rotatable bonds is 5. The molecule has 0 saturated carbocycles. The molecule has 5 nitrogen and oxygen atoms in total. The molecule has 0 bridgehead atoms. The van der Waals surface area contributed by atoms with Crippen molar-refractivity contribution in [3.05, 3.63) is 48.3 Å². The molecule has 1 saturated heterocycles. The Hall–Kier alpha value is -2.43. The van der Waals surface area contributed by atoms with E-state index in [4.69, 9.17) is 9.47 Å². The maximum atomic E-state index is 12.8. The van der Waals surface area contributed by atoms with Crippen LogP contribution in [0.1, 0.15) is 43.1 Å². The third-order valence-corrected chi connectivity index (χ3v) is 4.57. The second kappa shape index (κ2) is 7.64. The molecule has 0 radical (unpaired) electrons. The first-order valence-corrected chi connectivity index (χ1v) is 8.85. The number of likely N-dealkylation sites (tertiary alicyclic amines) is 1. The predicted octanol–water partition coefficient (Wildman–Crippen LogP) is 3.76. The van der Waals surface area contributed by atoms with Crippen LogP contribution in [0.4, 0.5) is 0 Å². The molecule has 1 fully saturated rings. The molecule has 0 spiro atoms. The van der Waals surface area contributed by atoms with Gasteiger partial charge in [0.1, 0.15) is 0 Å². The fraction of sp³-hybridized carbons (Fsp3) is 0.450. The summed E-state index contributed by atoms with van der Waals surface area (Å²) in [5.74, 6) is 1.32. The standard InChI is InChI=1S/C20H26N2O3/c1-15(2)25-18-7-6-16(14-19(18)24-3)20(23)22-12-8-17(9-13-22)21-10-4-5-11-21/h4-7,10-11,14-15,17H,8-9,12-13H2,1-3H3. The Balaban J connectivity index is 1.67. The van der Waals surface area contributed by atoms with Gasteiger partial charge in [0.05, 0.1) is 13.2 Å². The van der Waals surface area contributed by atoms with E-state index in [2.05, 4.69) is 17.0 Å². The Labute approximate surface area is 149 Å². The SMILES string of the molecule is COc1cc(C(=O)N2CCC(n3cccc3)CC2)ccc1OC(C)C. The van der Waals surface area contributed by atoms with Crippen molar-refractivity contribution in [2.24, 2.45) is 0 Å². The van der Waals surface area contributed by atoms with Crippen LogP contribution < -0.4 is 9.47 Å². The van der Waals surface area contributed by atoms with Gasteiger partial charge in [0.25, 0.3) is 5.91 Å². The summed E-state index contributed by atoms with van der Waals surface area (Å²) in [6.07, 6.45) is 6.21. The first-order chi connectivity index (χ1) is 12.1. The van der Waals surface area contributed by atoms with Crippen LogP contribution in [0, 0.1) is 0 Å². The summed E-state index contributed by atoms with van der Waals surface area (Å²) >= 11 is 0. The predicted molar refractivity (Wildman–Crippen MR) is 97.4 cm³/mol. The van der Waals surface area contributed by atoms with E-state index in [0.717, 1.165) is 25.9 Å². The van der Waals surface area contributed by atoms with Crippen molar-refractivity contribution < 1.29 is 14.3 Å². The summed E-state index contributed by atoms with van der Waals surface area (Å²) in [4.78, 5) is 14.7. The van der Waals surface area contributed by atoms with Crippen molar-refractivity contribution in [3.63, 3.8) is 0 Å². The molecular weight excluding hydrogens is 316 g/mol. The molecule has 0 atom stereocenters. The number of ether oxygens (including phenoxy) is 2. The minimum absolute atomic E-state index is 0.0559. The van der Waals surface area contributed by atoms with Gasteiger partial charge < -0.3 is 18.9 Å². The van der Waals surface area contributed by atoms with Crippen molar-refractivity contribution in [1.82, 2.24) is 9.47 Å². The van der Waals surface area contributed by atoms with Gasteiger partial charge in [-0.25, -0.2) is 0 Å². The Morgan fingerprint density at radius 1 is 1.12 bits per heavy atom. The van der Waals surface area contributed by atoms with Crippen LogP contribution in [-0.2, 0) is 0 Å². The van der Waals surface area contributed by atoms with E-state index in [1.54, 1.807) is 13.2 Å². The molecule has 3 rings (SSSR count). The number of nitrogens with zero attached hydrogens (tertiary/aromatic N) is 2. The normalized spacial score (nSPS) is 15.4. The Bertz CT molecular complexity index is 702. The van der Waals surface area contributed by atoms with Gasteiger partial charge in [-0.15, -0.1) is 0 Å². The highest BCUT2D eigenvalue weighted by molar-refractivity contribution is 5.95. The van der Waals surface area contributed by atoms with E-state index >= 15 is 0 Å². The average molecular weight is 342 g/mol. The number of piperidine rings is 1. The van der Waals surface area contributed by atoms with Crippen LogP contribution >= 0.6 is 0 Å². The van der Waals surface area contributed by atoms with Crippen molar-refractivity contribution in [2.45, 2.75) is 38.8 Å². The lowest BCUT2D eigenvalue weighted by Gasteiger charge is -2.33. The highest BCUT2D eigenvalue weighted by atomic mass is 16.5. The summed E-state index contributed by atoms with van der Waals surface area (Å²) in [7, 11) is 1.60. The van der Waals surface area contributed by atoms with Gasteiger partial charge in [0.2, 0.25) is 0 Å². The number of hydrogen-bond donors (Lipinski definition) is 0. The molecule has 5 heteroatoms. The number of carbonyl (C=O) groups is 1. The maximum absolute atomic E-state index is 12.8. The zero-order chi connectivity index (χ0) is 17.8. The summed E-state index contributed by atoms with van der Waals surface area (Å²) < 4.78 is 13.3. The minimum atomic E-state index is 0.0559. The number of carbonyl (C=O) groups excluding carboxylic acids is 1. The van der Waals surface area contributed by atoms with E-state index in [-0.39, 0.29) is 12.0 Å². The lowest BCUT2D eigenvalue weighted by molar-refractivity contribution is 0.0694. The topological polar surface area (TPSA) is 43.7 Å². The van der Waals surface area contributed by atoms with Gasteiger partial charge in [-0.2, -0.15) is 0 Å². The zero-order valence-corrected chi connectivity index (χ0v) is 15.1. The molecule has 0 unspecified atom stereocenters. The first kappa shape index (κ1) is 17.4. The van der Waals surface area contributed by atoms with E-state index in [0.29, 0.717) is 23.1 Å². The van der Waals surface area contributed by atoms with Crippen LogP contribution in [0.25, 0.3) is 0 Å². The molecule has 25 heavy (non-hydrogen) atoms. The zero-order valence-electron chi connectivity index (χ0n) is 15.1. The third-order valence-electron chi connectivity index (χ3n) is 4.57. The van der Waals surface area contributed by atoms with Gasteiger partial charge in [-0.3, -0.25) is 4.79 Å². The number of hydrogen-bond acceptors (Lipinski definition) is 3. The molecule has 1 aromatic carbocycles. The highest BCUT2D eigenvalue weighted by Gasteiger charge is 2.25. The minimum Gasteiger partial charge on any atom is -0.493 e. The van der Waals surface area contributed by atoms with Crippen molar-refractivity contribution in [2.75, 3.05) is 20.2 Å². The first-order valence-electron chi connectivity index (χ1n) is 8.85. The van der Waals surface area contributed by atoms with E-state index in [1.165, 1.54) is 0 Å².